The van der Waals surface area contributed by atoms with Gasteiger partial charge in [-0.2, -0.15) is 4.58 Å². The van der Waals surface area contributed by atoms with E-state index in [9.17, 15) is 48.6 Å². The Balaban J connectivity index is 0.811. The lowest BCUT2D eigenvalue weighted by Gasteiger charge is -2.27. The average molecular weight is 1360 g/mol. The van der Waals surface area contributed by atoms with Crippen molar-refractivity contribution in [2.75, 3.05) is 57.5 Å². The van der Waals surface area contributed by atoms with Crippen LogP contribution in [0.1, 0.15) is 167 Å². The summed E-state index contributed by atoms with van der Waals surface area (Å²) in [5.74, 6) is -5.50. The van der Waals surface area contributed by atoms with Crippen LogP contribution in [-0.2, 0) is 60.3 Å². The molecule has 3 atom stereocenters. The van der Waals surface area contributed by atoms with E-state index in [1.807, 2.05) is 30.3 Å². The maximum Gasteiger partial charge on any atom is 0.326 e. The molecule has 0 aromatic heterocycles. The van der Waals surface area contributed by atoms with Crippen molar-refractivity contribution in [3.05, 3.63) is 168 Å². The molecule has 4 amide bonds. The number of hydrogen-bond acceptors (Lipinski definition) is 11. The highest BCUT2D eigenvalue weighted by Gasteiger charge is 2.45. The van der Waals surface area contributed by atoms with E-state index in [0.717, 1.165) is 44.3 Å². The Kier molecular flexibility index (Phi) is 30.8. The zero-order valence-electron chi connectivity index (χ0n) is 58.5. The first-order chi connectivity index (χ1) is 47.7. The highest BCUT2D eigenvalue weighted by molar-refractivity contribution is 6.08. The number of rotatable bonds is 45. The smallest absolute Gasteiger partial charge is 0.326 e. The molecule has 5 aromatic carbocycles. The molecule has 0 aliphatic carbocycles. The number of ether oxygens (including phenoxy) is 2. The predicted molar refractivity (Wildman–Crippen MR) is 389 cm³/mol. The lowest BCUT2D eigenvalue weighted by Crippen LogP contribution is -2.46. The molecule has 0 radical (unpaired) electrons. The average Bonchev–Trinajstić information content (AvgIpc) is 1.59. The molecule has 0 saturated heterocycles. The van der Waals surface area contributed by atoms with Crippen LogP contribution >= 0.6 is 0 Å². The molecule has 19 nitrogen and oxygen atoms in total. The summed E-state index contributed by atoms with van der Waals surface area (Å²) in [6.45, 7) is 14.4. The molecular weight excluding hydrogens is 1250 g/mol. The number of carbonyl (C=O) groups excluding carboxylic acids is 5. The summed E-state index contributed by atoms with van der Waals surface area (Å²) in [6.07, 6.45) is 23.0. The molecule has 7 rings (SSSR count). The minimum Gasteiger partial charge on any atom is -0.481 e. The van der Waals surface area contributed by atoms with E-state index in [1.54, 1.807) is 0 Å². The maximum absolute atomic E-state index is 13.8. The molecule has 19 heteroatoms. The van der Waals surface area contributed by atoms with Crippen molar-refractivity contribution in [2.24, 2.45) is 5.92 Å². The van der Waals surface area contributed by atoms with Gasteiger partial charge in [0.1, 0.15) is 18.4 Å². The van der Waals surface area contributed by atoms with Crippen LogP contribution in [0, 0.1) is 5.92 Å². The molecule has 2 heterocycles. The highest BCUT2D eigenvalue weighted by atomic mass is 16.5. The molecule has 530 valence electrons. The van der Waals surface area contributed by atoms with Crippen LogP contribution < -0.4 is 26.2 Å². The molecule has 2 aliphatic rings. The van der Waals surface area contributed by atoms with Gasteiger partial charge in [-0.3, -0.25) is 28.8 Å². The zero-order chi connectivity index (χ0) is 71.2. The summed E-state index contributed by atoms with van der Waals surface area (Å²) in [4.78, 5) is 102. The van der Waals surface area contributed by atoms with E-state index in [2.05, 4.69) is 181 Å². The third-order valence-electron chi connectivity index (χ3n) is 18.6. The topological polar surface area (TPSA) is 270 Å². The molecule has 5 aromatic rings. The van der Waals surface area contributed by atoms with Crippen molar-refractivity contribution in [3.63, 3.8) is 0 Å². The first-order valence-corrected chi connectivity index (χ1v) is 35.4. The summed E-state index contributed by atoms with van der Waals surface area (Å²) < 4.78 is 13.7. The largest absolute Gasteiger partial charge is 0.481 e. The number of carboxylic acids is 3. The van der Waals surface area contributed by atoms with E-state index in [-0.39, 0.29) is 113 Å². The number of anilines is 1. The third kappa shape index (κ3) is 23.3. The number of aliphatic carboxylic acids is 3. The van der Waals surface area contributed by atoms with E-state index in [4.69, 9.17) is 14.6 Å². The Morgan fingerprint density at radius 3 is 1.95 bits per heavy atom. The van der Waals surface area contributed by atoms with Crippen LogP contribution in [0.5, 0.6) is 0 Å². The molecule has 0 saturated carbocycles. The van der Waals surface area contributed by atoms with Crippen molar-refractivity contribution >= 4 is 86.0 Å². The van der Waals surface area contributed by atoms with Gasteiger partial charge in [-0.25, -0.2) is 9.59 Å². The van der Waals surface area contributed by atoms with Crippen molar-refractivity contribution in [1.29, 1.82) is 0 Å². The second-order valence-corrected chi connectivity index (χ2v) is 26.8. The van der Waals surface area contributed by atoms with Crippen molar-refractivity contribution in [1.82, 2.24) is 21.3 Å². The van der Waals surface area contributed by atoms with Gasteiger partial charge in [0.05, 0.1) is 37.2 Å². The Labute approximate surface area is 583 Å². The molecule has 0 unspecified atom stereocenters. The molecule has 2 aliphatic heterocycles. The number of carboxylic acid groups (broad SMARTS) is 3. The van der Waals surface area contributed by atoms with E-state index < -0.39 is 53.6 Å². The van der Waals surface area contributed by atoms with Crippen LogP contribution in [0.2, 0.25) is 0 Å². The number of urea groups is 1. The number of carbonyl (C=O) groups is 8. The fourth-order valence-corrected chi connectivity index (χ4v) is 13.4. The SMILES string of the molecule is CCCCC[N+]1=C(/C=C/C=C/C=C/C=C2/N(CCCCCC(=O)NCCCC[C@H](CC(=O)[C@H](Cc3ccccc3)NC(=O)CCOCCOCCCC(=O)CC[C@H](NC(=O)NCCCC(=O)O)C(=O)O)C(=O)O)c3ccc4ccccc4c3C2(C)C)C(C)(C)c2c1ccc1ccccc21. The molecule has 0 bridgehead atoms. The number of allylic oxidation sites excluding steroid dienone is 8. The summed E-state index contributed by atoms with van der Waals surface area (Å²) in [5, 5.41) is 43.9. The van der Waals surface area contributed by atoms with Gasteiger partial charge in [0.15, 0.2) is 11.5 Å². The second kappa shape index (κ2) is 39.5. The van der Waals surface area contributed by atoms with Crippen molar-refractivity contribution < 1.29 is 67.7 Å². The molecule has 0 spiro atoms. The van der Waals surface area contributed by atoms with Crippen molar-refractivity contribution in [2.45, 2.75) is 180 Å². The Morgan fingerprint density at radius 1 is 0.556 bits per heavy atom. The monoisotopic (exact) mass is 1360 g/mol. The lowest BCUT2D eigenvalue weighted by molar-refractivity contribution is -0.438. The van der Waals surface area contributed by atoms with Crippen LogP contribution in [0.15, 0.2) is 151 Å². The summed E-state index contributed by atoms with van der Waals surface area (Å²) in [6, 6.07) is 32.4. The number of nitrogens with one attached hydrogen (secondary N) is 4. The number of amides is 4. The van der Waals surface area contributed by atoms with Gasteiger partial charge in [-0.1, -0.05) is 155 Å². The quantitative estimate of drug-likeness (QED) is 0.0109. The first kappa shape index (κ1) is 77.3. The molecule has 0 fully saturated rings. The van der Waals surface area contributed by atoms with Crippen LogP contribution in [0.4, 0.5) is 16.2 Å². The van der Waals surface area contributed by atoms with Gasteiger partial charge in [-0.05, 0) is 123 Å². The fraction of sp³-hybridized carbons (Fsp3) is 0.463. The zero-order valence-corrected chi connectivity index (χ0v) is 58.5. The van der Waals surface area contributed by atoms with Gasteiger partial charge < -0.3 is 51.0 Å². The van der Waals surface area contributed by atoms with E-state index in [1.165, 1.54) is 68.3 Å². The number of fused-ring (bicyclic) bond motifs is 6. The summed E-state index contributed by atoms with van der Waals surface area (Å²) >= 11 is 0. The van der Waals surface area contributed by atoms with E-state index >= 15 is 0 Å². The Hall–Kier alpha value is -9.07. The van der Waals surface area contributed by atoms with Gasteiger partial charge >= 0.3 is 23.9 Å². The number of Topliss-reactive ketones (excluding diaryl/α,β-unsaturated/α-hetero) is 2. The van der Waals surface area contributed by atoms with Crippen LogP contribution in [0.25, 0.3) is 21.5 Å². The third-order valence-corrected chi connectivity index (χ3v) is 18.6. The summed E-state index contributed by atoms with van der Waals surface area (Å²) in [5.41, 5.74) is 8.14. The standard InChI is InChI=1S/C80H102N6O13/c1-6-7-24-49-85-66-44-40-58-30-18-20-34-62(58)74(66)79(2,3)69(85)36-15-9-8-10-16-37-70-80(4,5)75-63-35-21-19-31-59(63)41-45-67(75)86(70)50-25-12-17-38-71(89)81-47-23-22-32-60(76(93)94)56-68(88)65(55-57-28-13-11-14-29-57)83-72(90)46-52-99-54-53-98-51-27-33-61(87)42-43-64(77(95)96)84-78(97)82-48-26-39-73(91)92/h8-11,13-16,18-21,28-31,34-37,40-41,44-45,60,64-65H,6-7,12,17,22-27,32-33,38-39,42-43,46-56H2,1-5H3,(H6-,81,82,83,84,89,90,91,92,93,94,95,96,97)/p+1/t60-,64+,65+/m1/s1. The highest BCUT2D eigenvalue weighted by Crippen LogP contribution is 2.51. The first-order valence-electron chi connectivity index (χ1n) is 35.4. The molecule has 7 N–H and O–H groups in total. The number of benzene rings is 5. The minimum atomic E-state index is -1.30. The van der Waals surface area contributed by atoms with Gasteiger partial charge in [0.25, 0.3) is 0 Å². The lowest BCUT2D eigenvalue weighted by atomic mass is 9.79. The number of ketones is 2. The van der Waals surface area contributed by atoms with Gasteiger partial charge in [0, 0.05) is 106 Å². The van der Waals surface area contributed by atoms with E-state index in [0.29, 0.717) is 32.2 Å². The molecule has 99 heavy (non-hydrogen) atoms. The second-order valence-electron chi connectivity index (χ2n) is 26.8. The van der Waals surface area contributed by atoms with Crippen molar-refractivity contribution in [3.8, 4) is 0 Å². The minimum absolute atomic E-state index is 0.0285. The van der Waals surface area contributed by atoms with Crippen LogP contribution in [-0.4, -0.2) is 138 Å². The fourth-order valence-electron chi connectivity index (χ4n) is 13.4. The molecular formula is C80H103N6O13+. The number of nitrogens with zero attached hydrogens (tertiary/aromatic N) is 2. The summed E-state index contributed by atoms with van der Waals surface area (Å²) in [7, 11) is 0. The number of hydrogen-bond donors (Lipinski definition) is 7. The Morgan fingerprint density at radius 2 is 1.23 bits per heavy atom. The maximum atomic E-state index is 13.8. The van der Waals surface area contributed by atoms with Crippen LogP contribution in [0.3, 0.4) is 0 Å². The normalized spacial score (nSPS) is 15.2. The Bertz CT molecular complexity index is 3740. The predicted octanol–water partition coefficient (Wildman–Crippen LogP) is 13.3. The van der Waals surface area contributed by atoms with Gasteiger partial charge in [0.2, 0.25) is 17.5 Å². The number of unbranched alkanes of at least 4 members (excludes halogenated alkanes) is 5. The van der Waals surface area contributed by atoms with Gasteiger partial charge in [-0.15, -0.1) is 0 Å².